The molecule has 1 amide bonds. The minimum Gasteiger partial charge on any atom is -0.382 e. The molecule has 98 valence electrons. The second-order valence-electron chi connectivity index (χ2n) is 4.74. The number of carbonyl (C=O) groups is 1. The van der Waals surface area contributed by atoms with Crippen molar-refractivity contribution in [2.24, 2.45) is 0 Å². The molecule has 0 saturated carbocycles. The fourth-order valence-corrected chi connectivity index (χ4v) is 3.27. The lowest BCUT2D eigenvalue weighted by molar-refractivity contribution is -0.114. The Morgan fingerprint density at radius 2 is 2.06 bits per heavy atom. The molecule has 1 aliphatic heterocycles. The average molecular weight is 264 g/mol. The summed E-state index contributed by atoms with van der Waals surface area (Å²) in [7, 11) is 0. The monoisotopic (exact) mass is 264 g/mol. The van der Waals surface area contributed by atoms with Gasteiger partial charge in [-0.15, -0.1) is 0 Å². The first-order valence-electron chi connectivity index (χ1n) is 6.37. The van der Waals surface area contributed by atoms with E-state index in [1.165, 1.54) is 31.3 Å². The van der Waals surface area contributed by atoms with E-state index in [9.17, 15) is 4.79 Å². The lowest BCUT2D eigenvalue weighted by Crippen LogP contribution is -2.24. The zero-order chi connectivity index (χ0) is 13.0. The van der Waals surface area contributed by atoms with Crippen molar-refractivity contribution in [3.8, 4) is 0 Å². The van der Waals surface area contributed by atoms with Crippen LogP contribution >= 0.6 is 11.8 Å². The molecule has 1 aromatic rings. The molecule has 0 bridgehead atoms. The van der Waals surface area contributed by atoms with E-state index in [0.29, 0.717) is 6.04 Å². The molecule has 1 heterocycles. The van der Waals surface area contributed by atoms with E-state index in [4.69, 9.17) is 0 Å². The average Bonchev–Trinajstić information content (AvgIpc) is 2.33. The Balaban J connectivity index is 2.01. The Kier molecular flexibility index (Phi) is 4.53. The van der Waals surface area contributed by atoms with Crippen molar-refractivity contribution in [1.29, 1.82) is 0 Å². The zero-order valence-corrected chi connectivity index (χ0v) is 11.8. The van der Waals surface area contributed by atoms with Gasteiger partial charge in [0.2, 0.25) is 5.91 Å². The Labute approximate surface area is 113 Å². The molecule has 4 heteroatoms. The van der Waals surface area contributed by atoms with Crippen LogP contribution < -0.4 is 10.6 Å². The van der Waals surface area contributed by atoms with Crippen LogP contribution in [0.15, 0.2) is 18.2 Å². The van der Waals surface area contributed by atoms with Crippen LogP contribution in [0.2, 0.25) is 0 Å². The van der Waals surface area contributed by atoms with Crippen molar-refractivity contribution in [2.45, 2.75) is 32.7 Å². The summed E-state index contributed by atoms with van der Waals surface area (Å²) in [5.74, 6) is 2.48. The molecular weight excluding hydrogens is 244 g/mol. The number of amides is 1. The minimum atomic E-state index is -0.0249. The lowest BCUT2D eigenvalue weighted by atomic mass is 10.1. The number of thioether (sulfide) groups is 1. The number of nitrogens with one attached hydrogen (secondary N) is 2. The number of carbonyl (C=O) groups excluding carboxylic acids is 1. The highest BCUT2D eigenvalue weighted by atomic mass is 32.2. The first kappa shape index (κ1) is 13.3. The van der Waals surface area contributed by atoms with Gasteiger partial charge in [-0.05, 0) is 55.0 Å². The number of rotatable bonds is 3. The summed E-state index contributed by atoms with van der Waals surface area (Å²) in [5, 5.41) is 6.41. The Hall–Kier alpha value is -1.16. The highest BCUT2D eigenvalue weighted by molar-refractivity contribution is 7.99. The third kappa shape index (κ3) is 3.67. The maximum atomic E-state index is 11.0. The van der Waals surface area contributed by atoms with E-state index < -0.39 is 0 Å². The maximum Gasteiger partial charge on any atom is 0.221 e. The van der Waals surface area contributed by atoms with Crippen molar-refractivity contribution in [2.75, 3.05) is 22.1 Å². The van der Waals surface area contributed by atoms with E-state index >= 15 is 0 Å². The second kappa shape index (κ2) is 6.14. The van der Waals surface area contributed by atoms with Crippen molar-refractivity contribution in [1.82, 2.24) is 0 Å². The van der Waals surface area contributed by atoms with Crippen LogP contribution in [0.1, 0.15) is 25.3 Å². The highest BCUT2D eigenvalue weighted by Crippen LogP contribution is 2.24. The van der Waals surface area contributed by atoms with Crippen molar-refractivity contribution >= 4 is 29.0 Å². The lowest BCUT2D eigenvalue weighted by Gasteiger charge is -2.24. The summed E-state index contributed by atoms with van der Waals surface area (Å²) >= 11 is 2.03. The third-order valence-corrected chi connectivity index (χ3v) is 4.18. The van der Waals surface area contributed by atoms with Crippen LogP contribution in [-0.2, 0) is 4.79 Å². The molecule has 1 saturated heterocycles. The van der Waals surface area contributed by atoms with Crippen molar-refractivity contribution in [3.63, 3.8) is 0 Å². The molecule has 0 spiro atoms. The molecule has 0 aliphatic carbocycles. The highest BCUT2D eigenvalue weighted by Gasteiger charge is 2.13. The molecule has 0 radical (unpaired) electrons. The van der Waals surface area contributed by atoms with Gasteiger partial charge < -0.3 is 10.6 Å². The number of benzene rings is 1. The normalized spacial score (nSPS) is 16.3. The van der Waals surface area contributed by atoms with Gasteiger partial charge in [0.25, 0.3) is 0 Å². The maximum absolute atomic E-state index is 11.0. The quantitative estimate of drug-likeness (QED) is 0.880. The van der Waals surface area contributed by atoms with Gasteiger partial charge in [0.05, 0.1) is 0 Å². The third-order valence-electron chi connectivity index (χ3n) is 3.13. The van der Waals surface area contributed by atoms with Gasteiger partial charge in [0.15, 0.2) is 0 Å². The predicted molar refractivity (Wildman–Crippen MR) is 79.5 cm³/mol. The van der Waals surface area contributed by atoms with Crippen molar-refractivity contribution < 1.29 is 4.79 Å². The van der Waals surface area contributed by atoms with Gasteiger partial charge >= 0.3 is 0 Å². The summed E-state index contributed by atoms with van der Waals surface area (Å²) in [5.41, 5.74) is 3.14. The van der Waals surface area contributed by atoms with Crippen LogP contribution in [0.25, 0.3) is 0 Å². The summed E-state index contributed by atoms with van der Waals surface area (Å²) in [6.45, 7) is 3.55. The number of hydrogen-bond donors (Lipinski definition) is 2. The molecule has 2 N–H and O–H groups in total. The molecule has 1 fully saturated rings. The topological polar surface area (TPSA) is 41.1 Å². The van der Waals surface area contributed by atoms with Crippen LogP contribution in [0, 0.1) is 6.92 Å². The minimum absolute atomic E-state index is 0.0249. The molecule has 0 unspecified atom stereocenters. The Bertz CT molecular complexity index is 428. The Morgan fingerprint density at radius 3 is 2.67 bits per heavy atom. The summed E-state index contributed by atoms with van der Waals surface area (Å²) in [6.07, 6.45) is 2.47. The van der Waals surface area contributed by atoms with Crippen LogP contribution in [0.5, 0.6) is 0 Å². The summed E-state index contributed by atoms with van der Waals surface area (Å²) in [6, 6.07) is 6.71. The molecule has 3 nitrogen and oxygen atoms in total. The fourth-order valence-electron chi connectivity index (χ4n) is 2.16. The SMILES string of the molecule is CC(=O)Nc1ccc(NC2CCSCC2)cc1C. The van der Waals surface area contributed by atoms with E-state index in [-0.39, 0.29) is 5.91 Å². The van der Waals surface area contributed by atoms with Gasteiger partial charge in [0, 0.05) is 24.3 Å². The fraction of sp³-hybridized carbons (Fsp3) is 0.500. The molecule has 0 aromatic heterocycles. The first-order chi connectivity index (χ1) is 8.65. The summed E-state index contributed by atoms with van der Waals surface area (Å²) < 4.78 is 0. The summed E-state index contributed by atoms with van der Waals surface area (Å²) in [4.78, 5) is 11.0. The molecule has 18 heavy (non-hydrogen) atoms. The molecule has 2 rings (SSSR count). The van der Waals surface area contributed by atoms with E-state index in [1.807, 2.05) is 30.8 Å². The van der Waals surface area contributed by atoms with Crippen LogP contribution in [0.4, 0.5) is 11.4 Å². The van der Waals surface area contributed by atoms with Crippen molar-refractivity contribution in [3.05, 3.63) is 23.8 Å². The van der Waals surface area contributed by atoms with Gasteiger partial charge in [0.1, 0.15) is 0 Å². The van der Waals surface area contributed by atoms with Gasteiger partial charge in [-0.25, -0.2) is 0 Å². The smallest absolute Gasteiger partial charge is 0.221 e. The number of anilines is 2. The second-order valence-corrected chi connectivity index (χ2v) is 5.97. The Morgan fingerprint density at radius 1 is 1.33 bits per heavy atom. The predicted octanol–water partition coefficient (Wildman–Crippen LogP) is 3.26. The standard InChI is InChI=1S/C14H20N2OS/c1-10-9-13(3-4-14(10)15-11(2)17)16-12-5-7-18-8-6-12/h3-4,9,12,16H,5-8H2,1-2H3,(H,15,17). The number of aryl methyl sites for hydroxylation is 1. The molecular formula is C14H20N2OS. The van der Waals surface area contributed by atoms with E-state index in [1.54, 1.807) is 0 Å². The van der Waals surface area contributed by atoms with Gasteiger partial charge in [-0.1, -0.05) is 0 Å². The van der Waals surface area contributed by atoms with Crippen LogP contribution in [-0.4, -0.2) is 23.5 Å². The molecule has 1 aliphatic rings. The van der Waals surface area contributed by atoms with Crippen LogP contribution in [0.3, 0.4) is 0 Å². The van der Waals surface area contributed by atoms with E-state index in [2.05, 4.69) is 16.7 Å². The number of hydrogen-bond acceptors (Lipinski definition) is 3. The zero-order valence-electron chi connectivity index (χ0n) is 11.0. The molecule has 0 atom stereocenters. The first-order valence-corrected chi connectivity index (χ1v) is 7.53. The largest absolute Gasteiger partial charge is 0.382 e. The van der Waals surface area contributed by atoms with E-state index in [0.717, 1.165) is 16.9 Å². The van der Waals surface area contributed by atoms with Gasteiger partial charge in [-0.2, -0.15) is 11.8 Å². The van der Waals surface area contributed by atoms with Gasteiger partial charge in [-0.3, -0.25) is 4.79 Å². The molecule has 1 aromatic carbocycles.